The van der Waals surface area contributed by atoms with Gasteiger partial charge in [0.05, 0.1) is 10.2 Å². The number of Topliss-reactive ketones (excluding diaryl/α,β-unsaturated/α-hetero) is 1. The van der Waals surface area contributed by atoms with Crippen molar-refractivity contribution < 1.29 is 9.59 Å². The standard InChI is InChI=1S/C19H24BrNO2/c1-17(2)18(3)10-11-19(17,14(20)15(18)22)16(23)21-12-9-13-7-5-4-6-8-13/h4-8,14H,9-12H2,1-3H3,(H,21,23)/t14-,18?,19?/m1/s1. The van der Waals surface area contributed by atoms with E-state index < -0.39 is 10.8 Å². The minimum absolute atomic E-state index is 0.0230. The van der Waals surface area contributed by atoms with Crippen molar-refractivity contribution in [3.63, 3.8) is 0 Å². The molecule has 1 amide bonds. The molecule has 2 aliphatic carbocycles. The number of hydrogen-bond donors (Lipinski definition) is 1. The zero-order valence-corrected chi connectivity index (χ0v) is 15.6. The van der Waals surface area contributed by atoms with Crippen LogP contribution in [0.4, 0.5) is 0 Å². The minimum Gasteiger partial charge on any atom is -0.355 e. The Kier molecular flexibility index (Phi) is 3.95. The highest BCUT2D eigenvalue weighted by Gasteiger charge is 2.76. The molecule has 0 spiro atoms. The van der Waals surface area contributed by atoms with E-state index in [0.717, 1.165) is 19.3 Å². The first-order chi connectivity index (χ1) is 10.8. The quantitative estimate of drug-likeness (QED) is 0.816. The highest BCUT2D eigenvalue weighted by atomic mass is 79.9. The van der Waals surface area contributed by atoms with Crippen LogP contribution in [0.15, 0.2) is 30.3 Å². The van der Waals surface area contributed by atoms with Crippen LogP contribution in [0.25, 0.3) is 0 Å². The molecule has 0 heterocycles. The average Bonchev–Trinajstić information content (AvgIpc) is 2.80. The summed E-state index contributed by atoms with van der Waals surface area (Å²) in [7, 11) is 0. The summed E-state index contributed by atoms with van der Waals surface area (Å²) in [5.74, 6) is 0.210. The van der Waals surface area contributed by atoms with Crippen molar-refractivity contribution in [2.75, 3.05) is 6.54 Å². The highest BCUT2D eigenvalue weighted by molar-refractivity contribution is 9.10. The number of halogens is 1. The van der Waals surface area contributed by atoms with Crippen LogP contribution in [0.1, 0.15) is 39.2 Å². The molecule has 0 saturated heterocycles. The maximum atomic E-state index is 13.0. The van der Waals surface area contributed by atoms with Gasteiger partial charge in [0.2, 0.25) is 5.91 Å². The Labute approximate surface area is 146 Å². The maximum absolute atomic E-state index is 13.0. The molecule has 23 heavy (non-hydrogen) atoms. The molecule has 0 radical (unpaired) electrons. The molecule has 0 aliphatic heterocycles. The Balaban J connectivity index is 1.75. The van der Waals surface area contributed by atoms with E-state index in [4.69, 9.17) is 0 Å². The molecule has 1 aromatic carbocycles. The van der Waals surface area contributed by atoms with Crippen molar-refractivity contribution in [2.24, 2.45) is 16.2 Å². The summed E-state index contributed by atoms with van der Waals surface area (Å²) in [6.07, 6.45) is 2.38. The van der Waals surface area contributed by atoms with E-state index in [0.29, 0.717) is 6.54 Å². The molecule has 3 atom stereocenters. The SMILES string of the molecule is CC12CCC(C(=O)NCCc3ccccc3)([C@H](Br)C1=O)C2(C)C. The van der Waals surface area contributed by atoms with Crippen molar-refractivity contribution in [3.8, 4) is 0 Å². The fourth-order valence-electron chi connectivity index (χ4n) is 4.58. The van der Waals surface area contributed by atoms with Crippen LogP contribution >= 0.6 is 15.9 Å². The van der Waals surface area contributed by atoms with E-state index >= 15 is 0 Å². The molecule has 0 aromatic heterocycles. The van der Waals surface area contributed by atoms with Gasteiger partial charge in [-0.15, -0.1) is 0 Å². The van der Waals surface area contributed by atoms with Gasteiger partial charge in [0, 0.05) is 12.0 Å². The molecule has 1 aromatic rings. The van der Waals surface area contributed by atoms with Crippen molar-refractivity contribution in [3.05, 3.63) is 35.9 Å². The predicted molar refractivity (Wildman–Crippen MR) is 94.4 cm³/mol. The zero-order valence-electron chi connectivity index (χ0n) is 14.0. The number of carbonyl (C=O) groups excluding carboxylic acids is 2. The van der Waals surface area contributed by atoms with Crippen LogP contribution in [-0.2, 0) is 16.0 Å². The third-order valence-corrected chi connectivity index (χ3v) is 7.87. The molecule has 2 aliphatic rings. The molecule has 4 heteroatoms. The second kappa shape index (κ2) is 5.44. The van der Waals surface area contributed by atoms with Crippen molar-refractivity contribution >= 4 is 27.6 Å². The predicted octanol–water partition coefficient (Wildman–Crippen LogP) is 3.50. The van der Waals surface area contributed by atoms with Crippen LogP contribution in [0, 0.1) is 16.2 Å². The lowest BCUT2D eigenvalue weighted by Gasteiger charge is -2.39. The molecule has 2 saturated carbocycles. The van der Waals surface area contributed by atoms with Crippen LogP contribution in [-0.4, -0.2) is 23.1 Å². The fourth-order valence-corrected chi connectivity index (χ4v) is 6.09. The molecule has 124 valence electrons. The third kappa shape index (κ3) is 2.07. The van der Waals surface area contributed by atoms with E-state index in [1.807, 2.05) is 25.1 Å². The molecule has 2 fully saturated rings. The summed E-state index contributed by atoms with van der Waals surface area (Å²) in [4.78, 5) is 25.3. The van der Waals surface area contributed by atoms with Gasteiger partial charge in [0.15, 0.2) is 5.78 Å². The summed E-state index contributed by atoms with van der Waals surface area (Å²) in [6.45, 7) is 6.78. The molecule has 1 N–H and O–H groups in total. The lowest BCUT2D eigenvalue weighted by atomic mass is 9.64. The lowest BCUT2D eigenvalue weighted by Crippen LogP contribution is -2.51. The second-order valence-electron chi connectivity index (χ2n) is 7.65. The molecular formula is C19H24BrNO2. The smallest absolute Gasteiger partial charge is 0.228 e. The molecule has 2 unspecified atom stereocenters. The number of amides is 1. The molecule has 2 bridgehead atoms. The monoisotopic (exact) mass is 377 g/mol. The van der Waals surface area contributed by atoms with Crippen molar-refractivity contribution in [2.45, 2.75) is 44.9 Å². The Morgan fingerprint density at radius 2 is 1.87 bits per heavy atom. The maximum Gasteiger partial charge on any atom is 0.228 e. The molecule has 3 nitrogen and oxygen atoms in total. The first kappa shape index (κ1) is 16.7. The van der Waals surface area contributed by atoms with Crippen molar-refractivity contribution in [1.82, 2.24) is 5.32 Å². The fraction of sp³-hybridized carbons (Fsp3) is 0.579. The number of rotatable bonds is 4. The second-order valence-corrected chi connectivity index (χ2v) is 8.56. The highest BCUT2D eigenvalue weighted by Crippen LogP contribution is 2.72. The Bertz CT molecular complexity index is 642. The van der Waals surface area contributed by atoms with Crippen LogP contribution in [0.2, 0.25) is 0 Å². The van der Waals surface area contributed by atoms with Gasteiger partial charge in [-0.25, -0.2) is 0 Å². The summed E-state index contributed by atoms with van der Waals surface area (Å²) < 4.78 is 0. The summed E-state index contributed by atoms with van der Waals surface area (Å²) in [5.41, 5.74) is -0.158. The van der Waals surface area contributed by atoms with Gasteiger partial charge in [-0.05, 0) is 30.2 Å². The van der Waals surface area contributed by atoms with Gasteiger partial charge in [-0.3, -0.25) is 9.59 Å². The van der Waals surface area contributed by atoms with E-state index in [2.05, 4.69) is 47.2 Å². The summed E-state index contributed by atoms with van der Waals surface area (Å²) in [6, 6.07) is 10.1. The lowest BCUT2D eigenvalue weighted by molar-refractivity contribution is -0.135. The van der Waals surface area contributed by atoms with Crippen LogP contribution < -0.4 is 5.32 Å². The van der Waals surface area contributed by atoms with Gasteiger partial charge < -0.3 is 5.32 Å². The number of alkyl halides is 1. The Morgan fingerprint density at radius 3 is 2.43 bits per heavy atom. The normalized spacial score (nSPS) is 34.6. The van der Waals surface area contributed by atoms with E-state index in [9.17, 15) is 9.59 Å². The first-order valence-corrected chi connectivity index (χ1v) is 9.19. The topological polar surface area (TPSA) is 46.2 Å². The number of hydrogen-bond acceptors (Lipinski definition) is 2. The number of carbonyl (C=O) groups is 2. The number of nitrogens with one attached hydrogen (secondary N) is 1. The average molecular weight is 378 g/mol. The first-order valence-electron chi connectivity index (χ1n) is 8.28. The van der Waals surface area contributed by atoms with Gasteiger partial charge >= 0.3 is 0 Å². The third-order valence-electron chi connectivity index (χ3n) is 6.67. The Hall–Kier alpha value is -1.16. The Morgan fingerprint density at radius 1 is 1.22 bits per heavy atom. The van der Waals surface area contributed by atoms with E-state index in [1.165, 1.54) is 5.56 Å². The van der Waals surface area contributed by atoms with Gasteiger partial charge in [0.1, 0.15) is 0 Å². The van der Waals surface area contributed by atoms with Crippen molar-refractivity contribution in [1.29, 1.82) is 0 Å². The number of benzene rings is 1. The molecular weight excluding hydrogens is 354 g/mol. The van der Waals surface area contributed by atoms with E-state index in [1.54, 1.807) is 0 Å². The minimum atomic E-state index is -0.629. The largest absolute Gasteiger partial charge is 0.355 e. The number of fused-ring (bicyclic) bond motifs is 2. The van der Waals surface area contributed by atoms with E-state index in [-0.39, 0.29) is 21.9 Å². The van der Waals surface area contributed by atoms with Gasteiger partial charge in [0.25, 0.3) is 0 Å². The van der Waals surface area contributed by atoms with Crippen LogP contribution in [0.3, 0.4) is 0 Å². The van der Waals surface area contributed by atoms with Gasteiger partial charge in [-0.1, -0.05) is 67.0 Å². The molecule has 3 rings (SSSR count). The summed E-state index contributed by atoms with van der Waals surface area (Å²) >= 11 is 3.56. The zero-order chi connectivity index (χ0) is 16.9. The van der Waals surface area contributed by atoms with Crippen LogP contribution in [0.5, 0.6) is 0 Å². The number of ketones is 1. The van der Waals surface area contributed by atoms with Gasteiger partial charge in [-0.2, -0.15) is 0 Å². The summed E-state index contributed by atoms with van der Waals surface area (Å²) in [5, 5.41) is 3.09.